The third kappa shape index (κ3) is 7.28. The first kappa shape index (κ1) is 31.6. The lowest BCUT2D eigenvalue weighted by molar-refractivity contribution is -0.173. The van der Waals surface area contributed by atoms with Crippen molar-refractivity contribution >= 4 is 21.8 Å². The van der Waals surface area contributed by atoms with Crippen molar-refractivity contribution in [1.82, 2.24) is 9.62 Å². The Morgan fingerprint density at radius 1 is 1.14 bits per heavy atom. The van der Waals surface area contributed by atoms with E-state index in [1.54, 1.807) is 0 Å². The lowest BCUT2D eigenvalue weighted by Crippen LogP contribution is -2.51. The number of alkyl carbamates (subject to hydrolysis) is 1. The van der Waals surface area contributed by atoms with Crippen LogP contribution in [0, 0.1) is 35.3 Å². The molecule has 0 bridgehead atoms. The number of anilines is 1. The van der Waals surface area contributed by atoms with Gasteiger partial charge < -0.3 is 30.4 Å². The van der Waals surface area contributed by atoms with Crippen LogP contribution in [0.1, 0.15) is 32.3 Å². The van der Waals surface area contributed by atoms with Crippen LogP contribution < -0.4 is 11.1 Å². The standard InChI is InChI=1S/C30H39F2N3O7S/c1-17(2)14-35(43(38,39)23-5-3-22(33)4-6-23)15-26(36)25(11-18-9-20(31)13-21(32)10-18)34-30(37)42-27-12-19-16-41-29-28(19)24(27)7-8-40-29/h3-6,9-10,13,17,19,24-29,36H,7-8,11-12,14-16,33H2,1-2H3,(H,34,37)/t19?,24?,25-,26+,27-,28+,29+/m0/s1. The SMILES string of the molecule is CC(C)CN(C[C@@H](O)[C@H](Cc1cc(F)cc(F)c1)NC(=O)O[C@H]1CC2CO[C@H]3OCCC1[C@@H]23)S(=O)(=O)c1ccc(N)cc1. The van der Waals surface area contributed by atoms with Gasteiger partial charge in [-0.05, 0) is 73.1 Å². The Bertz CT molecular complexity index is 1370. The van der Waals surface area contributed by atoms with Gasteiger partial charge in [0.25, 0.3) is 0 Å². The van der Waals surface area contributed by atoms with Crippen molar-refractivity contribution in [3.63, 3.8) is 0 Å². The number of halogens is 2. The van der Waals surface area contributed by atoms with Crippen LogP contribution in [0.2, 0.25) is 0 Å². The van der Waals surface area contributed by atoms with Gasteiger partial charge in [0.15, 0.2) is 6.29 Å². The minimum Gasteiger partial charge on any atom is -0.446 e. The molecule has 3 aliphatic rings. The van der Waals surface area contributed by atoms with Crippen LogP contribution in [-0.2, 0) is 30.7 Å². The fourth-order valence-electron chi connectivity index (χ4n) is 6.55. The predicted molar refractivity (Wildman–Crippen MR) is 153 cm³/mol. The van der Waals surface area contributed by atoms with Crippen molar-refractivity contribution in [2.24, 2.45) is 23.7 Å². The van der Waals surface area contributed by atoms with E-state index in [-0.39, 0.29) is 66.0 Å². The van der Waals surface area contributed by atoms with Crippen LogP contribution in [-0.4, -0.2) is 74.8 Å². The molecule has 2 unspecified atom stereocenters. The van der Waals surface area contributed by atoms with Crippen LogP contribution in [0.25, 0.3) is 0 Å². The smallest absolute Gasteiger partial charge is 0.407 e. The zero-order chi connectivity index (χ0) is 30.9. The Kier molecular flexibility index (Phi) is 9.57. The minimum absolute atomic E-state index is 0.00352. The largest absolute Gasteiger partial charge is 0.446 e. The third-order valence-electron chi connectivity index (χ3n) is 8.45. The number of hydrogen-bond acceptors (Lipinski definition) is 8. The molecule has 2 aromatic rings. The number of carbonyl (C=O) groups excluding carboxylic acids is 1. The van der Waals surface area contributed by atoms with Gasteiger partial charge in [0.1, 0.15) is 17.7 Å². The molecule has 0 radical (unpaired) electrons. The Hall–Kier alpha value is -2.84. The van der Waals surface area contributed by atoms with E-state index in [2.05, 4.69) is 5.32 Å². The van der Waals surface area contributed by atoms with E-state index >= 15 is 0 Å². The monoisotopic (exact) mass is 623 g/mol. The highest BCUT2D eigenvalue weighted by atomic mass is 32.2. The highest BCUT2D eigenvalue weighted by Crippen LogP contribution is 2.50. The maximum Gasteiger partial charge on any atom is 0.407 e. The summed E-state index contributed by atoms with van der Waals surface area (Å²) in [5.41, 5.74) is 6.31. The van der Waals surface area contributed by atoms with Crippen molar-refractivity contribution in [3.05, 3.63) is 59.7 Å². The molecular formula is C30H39F2N3O7S. The number of aliphatic hydroxyl groups is 1. The second kappa shape index (κ2) is 13.0. The fraction of sp³-hybridized carbons (Fsp3) is 0.567. The number of nitrogen functional groups attached to an aromatic ring is 1. The predicted octanol–water partition coefficient (Wildman–Crippen LogP) is 3.29. The molecule has 2 aliphatic heterocycles. The topological polar surface area (TPSA) is 140 Å². The molecule has 1 amide bonds. The normalized spacial score (nSPS) is 26.3. The molecule has 1 saturated carbocycles. The van der Waals surface area contributed by atoms with Gasteiger partial charge in [-0.3, -0.25) is 0 Å². The Labute approximate surface area is 250 Å². The number of nitrogens with one attached hydrogen (secondary N) is 1. The van der Waals surface area contributed by atoms with Gasteiger partial charge in [0.2, 0.25) is 10.0 Å². The lowest BCUT2D eigenvalue weighted by Gasteiger charge is -2.33. The number of nitrogens with two attached hydrogens (primary N) is 1. The number of carbonyl (C=O) groups is 1. The van der Waals surface area contributed by atoms with E-state index in [0.29, 0.717) is 25.3 Å². The summed E-state index contributed by atoms with van der Waals surface area (Å²) in [7, 11) is -4.06. The zero-order valence-corrected chi connectivity index (χ0v) is 25.0. The van der Waals surface area contributed by atoms with Crippen molar-refractivity contribution in [2.75, 3.05) is 32.0 Å². The second-order valence-corrected chi connectivity index (χ2v) is 14.1. The Morgan fingerprint density at radius 3 is 2.51 bits per heavy atom. The average Bonchev–Trinajstić information content (AvgIpc) is 3.50. The average molecular weight is 624 g/mol. The van der Waals surface area contributed by atoms with E-state index in [1.807, 2.05) is 13.8 Å². The number of nitrogens with zero attached hydrogens (tertiary/aromatic N) is 1. The number of benzene rings is 2. The molecule has 2 aromatic carbocycles. The van der Waals surface area contributed by atoms with E-state index in [4.69, 9.17) is 19.9 Å². The van der Waals surface area contributed by atoms with Crippen molar-refractivity contribution < 1.29 is 41.3 Å². The summed E-state index contributed by atoms with van der Waals surface area (Å²) >= 11 is 0. The first-order valence-corrected chi connectivity index (χ1v) is 16.0. The molecule has 13 heteroatoms. The van der Waals surface area contributed by atoms with Crippen molar-refractivity contribution in [3.8, 4) is 0 Å². The van der Waals surface area contributed by atoms with Gasteiger partial charge in [0.05, 0.1) is 30.3 Å². The Balaban J connectivity index is 1.35. The molecule has 1 aliphatic carbocycles. The number of sulfonamides is 1. The van der Waals surface area contributed by atoms with Crippen LogP contribution in [0.4, 0.5) is 19.3 Å². The minimum atomic E-state index is -4.06. The maximum absolute atomic E-state index is 14.0. The fourth-order valence-corrected chi connectivity index (χ4v) is 8.17. The van der Waals surface area contributed by atoms with E-state index in [1.165, 1.54) is 24.3 Å². The highest BCUT2D eigenvalue weighted by molar-refractivity contribution is 7.89. The van der Waals surface area contributed by atoms with Gasteiger partial charge in [-0.1, -0.05) is 13.8 Å². The molecule has 2 saturated heterocycles. The highest BCUT2D eigenvalue weighted by Gasteiger charge is 2.55. The first-order valence-electron chi connectivity index (χ1n) is 14.6. The third-order valence-corrected chi connectivity index (χ3v) is 10.3. The molecule has 43 heavy (non-hydrogen) atoms. The maximum atomic E-state index is 14.0. The molecule has 7 atom stereocenters. The summed E-state index contributed by atoms with van der Waals surface area (Å²) < 4.78 is 73.7. The van der Waals surface area contributed by atoms with Gasteiger partial charge in [0, 0.05) is 36.7 Å². The summed E-state index contributed by atoms with van der Waals surface area (Å²) in [5, 5.41) is 14.1. The molecule has 10 nitrogen and oxygen atoms in total. The Morgan fingerprint density at radius 2 is 1.84 bits per heavy atom. The van der Waals surface area contributed by atoms with E-state index in [0.717, 1.165) is 28.9 Å². The van der Waals surface area contributed by atoms with Crippen LogP contribution in [0.15, 0.2) is 47.4 Å². The number of amides is 1. The molecule has 3 fully saturated rings. The molecule has 0 aromatic heterocycles. The van der Waals surface area contributed by atoms with Gasteiger partial charge in [-0.25, -0.2) is 22.0 Å². The summed E-state index contributed by atoms with van der Waals surface area (Å²) in [6.07, 6.45) is -1.76. The summed E-state index contributed by atoms with van der Waals surface area (Å²) in [6.45, 7) is 4.40. The molecule has 236 valence electrons. The first-order chi connectivity index (χ1) is 20.4. The van der Waals surface area contributed by atoms with E-state index < -0.39 is 39.9 Å². The van der Waals surface area contributed by atoms with Crippen molar-refractivity contribution in [1.29, 1.82) is 0 Å². The lowest BCUT2D eigenvalue weighted by atomic mass is 9.87. The number of ether oxygens (including phenoxy) is 3. The molecule has 0 spiro atoms. The number of aliphatic hydroxyl groups excluding tert-OH is 1. The van der Waals surface area contributed by atoms with Gasteiger partial charge >= 0.3 is 6.09 Å². The quantitative estimate of drug-likeness (QED) is 0.324. The summed E-state index contributed by atoms with van der Waals surface area (Å²) in [6, 6.07) is 7.52. The molecular weight excluding hydrogens is 584 g/mol. The number of rotatable bonds is 11. The zero-order valence-electron chi connectivity index (χ0n) is 24.2. The molecule has 4 N–H and O–H groups in total. The van der Waals surface area contributed by atoms with Crippen LogP contribution in [0.5, 0.6) is 0 Å². The van der Waals surface area contributed by atoms with Crippen LogP contribution in [0.3, 0.4) is 0 Å². The molecule has 2 heterocycles. The number of hydrogen-bond donors (Lipinski definition) is 3. The van der Waals surface area contributed by atoms with Gasteiger partial charge in [-0.2, -0.15) is 4.31 Å². The molecule has 5 rings (SSSR count). The van der Waals surface area contributed by atoms with Gasteiger partial charge in [-0.15, -0.1) is 0 Å². The van der Waals surface area contributed by atoms with Crippen molar-refractivity contribution in [2.45, 2.75) is 62.5 Å². The van der Waals surface area contributed by atoms with E-state index in [9.17, 15) is 27.1 Å². The second-order valence-electron chi connectivity index (χ2n) is 12.1. The summed E-state index contributed by atoms with van der Waals surface area (Å²) in [5.74, 6) is -1.29. The van der Waals surface area contributed by atoms with Crippen LogP contribution >= 0.6 is 0 Å². The summed E-state index contributed by atoms with van der Waals surface area (Å²) in [4.78, 5) is 13.2.